The van der Waals surface area contributed by atoms with Gasteiger partial charge in [0, 0.05) is 5.02 Å². The zero-order chi connectivity index (χ0) is 15.9. The second kappa shape index (κ2) is 7.61. The number of carbonyl (C=O) groups is 1. The maximum absolute atomic E-state index is 11.7. The highest BCUT2D eigenvalue weighted by Gasteiger charge is 2.04. The molecule has 2 aromatic carbocycles. The Hall–Kier alpha value is -2.33. The van der Waals surface area contributed by atoms with Gasteiger partial charge in [-0.3, -0.25) is 4.79 Å². The summed E-state index contributed by atoms with van der Waals surface area (Å²) < 4.78 is 5.43. The standard InChI is InChI=1S/C17H17ClN2O2/c1-12-3-5-14(6-4-12)10-19-20-17(21)11-22-16-8-7-15(18)9-13(16)2/h3-10H,11H2,1-2H3,(H,20,21)/b19-10+. The third-order valence-electron chi connectivity index (χ3n) is 2.98. The summed E-state index contributed by atoms with van der Waals surface area (Å²) in [5.74, 6) is 0.305. The summed E-state index contributed by atoms with van der Waals surface area (Å²) in [5.41, 5.74) is 5.40. The van der Waals surface area contributed by atoms with E-state index in [1.54, 1.807) is 24.4 Å². The smallest absolute Gasteiger partial charge is 0.277 e. The van der Waals surface area contributed by atoms with Crippen LogP contribution in [0.3, 0.4) is 0 Å². The predicted molar refractivity (Wildman–Crippen MR) is 88.6 cm³/mol. The van der Waals surface area contributed by atoms with Gasteiger partial charge in [0.2, 0.25) is 0 Å². The van der Waals surface area contributed by atoms with Gasteiger partial charge in [0.05, 0.1) is 6.21 Å². The van der Waals surface area contributed by atoms with Crippen LogP contribution in [0.2, 0.25) is 5.02 Å². The lowest BCUT2D eigenvalue weighted by molar-refractivity contribution is -0.123. The molecule has 22 heavy (non-hydrogen) atoms. The Bertz CT molecular complexity index is 682. The van der Waals surface area contributed by atoms with Crippen molar-refractivity contribution < 1.29 is 9.53 Å². The minimum Gasteiger partial charge on any atom is -0.483 e. The number of aryl methyl sites for hydroxylation is 2. The van der Waals surface area contributed by atoms with Gasteiger partial charge in [-0.25, -0.2) is 5.43 Å². The van der Waals surface area contributed by atoms with E-state index in [9.17, 15) is 4.79 Å². The number of halogens is 1. The summed E-state index contributed by atoms with van der Waals surface area (Å²) in [4.78, 5) is 11.7. The van der Waals surface area contributed by atoms with Crippen LogP contribution >= 0.6 is 11.6 Å². The van der Waals surface area contributed by atoms with E-state index in [-0.39, 0.29) is 12.5 Å². The van der Waals surface area contributed by atoms with E-state index in [2.05, 4.69) is 10.5 Å². The first-order valence-electron chi connectivity index (χ1n) is 6.82. The monoisotopic (exact) mass is 316 g/mol. The normalized spacial score (nSPS) is 10.7. The fourth-order valence-corrected chi connectivity index (χ4v) is 2.01. The Morgan fingerprint density at radius 1 is 1.23 bits per heavy atom. The van der Waals surface area contributed by atoms with Crippen LogP contribution < -0.4 is 10.2 Å². The van der Waals surface area contributed by atoms with Gasteiger partial charge in [-0.05, 0) is 43.2 Å². The van der Waals surface area contributed by atoms with Crippen molar-refractivity contribution in [1.29, 1.82) is 0 Å². The third-order valence-corrected chi connectivity index (χ3v) is 3.21. The van der Waals surface area contributed by atoms with Gasteiger partial charge in [0.1, 0.15) is 5.75 Å². The van der Waals surface area contributed by atoms with Crippen molar-refractivity contribution in [3.05, 3.63) is 64.2 Å². The Labute approximate surface area is 134 Å². The van der Waals surface area contributed by atoms with E-state index < -0.39 is 0 Å². The summed E-state index contributed by atoms with van der Waals surface area (Å²) in [6, 6.07) is 13.1. The van der Waals surface area contributed by atoms with Crippen LogP contribution in [0.15, 0.2) is 47.6 Å². The lowest BCUT2D eigenvalue weighted by Crippen LogP contribution is -2.24. The predicted octanol–water partition coefficient (Wildman–Crippen LogP) is 3.49. The first kappa shape index (κ1) is 16.0. The Morgan fingerprint density at radius 3 is 2.64 bits per heavy atom. The van der Waals surface area contributed by atoms with E-state index in [0.717, 1.165) is 11.1 Å². The molecule has 0 radical (unpaired) electrons. The van der Waals surface area contributed by atoms with Crippen molar-refractivity contribution in [2.24, 2.45) is 5.10 Å². The van der Waals surface area contributed by atoms with Gasteiger partial charge in [0.15, 0.2) is 6.61 Å². The van der Waals surface area contributed by atoms with Crippen molar-refractivity contribution in [2.75, 3.05) is 6.61 Å². The Morgan fingerprint density at radius 2 is 1.95 bits per heavy atom. The molecule has 1 N–H and O–H groups in total. The number of amides is 1. The maximum Gasteiger partial charge on any atom is 0.277 e. The van der Waals surface area contributed by atoms with Crippen LogP contribution in [-0.4, -0.2) is 18.7 Å². The van der Waals surface area contributed by atoms with Crippen LogP contribution in [0, 0.1) is 13.8 Å². The molecular weight excluding hydrogens is 300 g/mol. The second-order valence-corrected chi connectivity index (χ2v) is 5.34. The van der Waals surface area contributed by atoms with Crippen LogP contribution in [0.1, 0.15) is 16.7 Å². The van der Waals surface area contributed by atoms with Crippen LogP contribution in [0.5, 0.6) is 5.75 Å². The summed E-state index contributed by atoms with van der Waals surface area (Å²) in [6.07, 6.45) is 1.59. The Kier molecular flexibility index (Phi) is 5.55. The first-order valence-corrected chi connectivity index (χ1v) is 7.20. The highest BCUT2D eigenvalue weighted by atomic mass is 35.5. The topological polar surface area (TPSA) is 50.7 Å². The molecule has 0 atom stereocenters. The number of benzene rings is 2. The molecule has 0 aromatic heterocycles. The average Bonchev–Trinajstić information content (AvgIpc) is 2.48. The SMILES string of the molecule is Cc1ccc(/C=N/NC(=O)COc2ccc(Cl)cc2C)cc1. The Balaban J connectivity index is 1.81. The van der Waals surface area contributed by atoms with Crippen molar-refractivity contribution in [1.82, 2.24) is 5.43 Å². The molecule has 0 bridgehead atoms. The first-order chi connectivity index (χ1) is 10.5. The number of nitrogens with one attached hydrogen (secondary N) is 1. The molecule has 4 nitrogen and oxygen atoms in total. The van der Waals surface area contributed by atoms with Gasteiger partial charge in [0.25, 0.3) is 5.91 Å². The molecule has 0 aliphatic carbocycles. The van der Waals surface area contributed by atoms with Crippen molar-refractivity contribution in [3.63, 3.8) is 0 Å². The van der Waals surface area contributed by atoms with Gasteiger partial charge in [-0.2, -0.15) is 5.10 Å². The van der Waals surface area contributed by atoms with Gasteiger partial charge in [-0.15, -0.1) is 0 Å². The zero-order valence-electron chi connectivity index (χ0n) is 12.5. The molecule has 0 saturated carbocycles. The third kappa shape index (κ3) is 4.90. The highest BCUT2D eigenvalue weighted by Crippen LogP contribution is 2.21. The molecule has 0 spiro atoms. The summed E-state index contributed by atoms with van der Waals surface area (Å²) in [6.45, 7) is 3.78. The fourth-order valence-electron chi connectivity index (χ4n) is 1.78. The summed E-state index contributed by atoms with van der Waals surface area (Å²) in [5, 5.41) is 4.53. The molecule has 5 heteroatoms. The van der Waals surface area contributed by atoms with Crippen molar-refractivity contribution in [3.8, 4) is 5.75 Å². The maximum atomic E-state index is 11.7. The minimum absolute atomic E-state index is 0.103. The van der Waals surface area contributed by atoms with Crippen molar-refractivity contribution >= 4 is 23.7 Å². The lowest BCUT2D eigenvalue weighted by atomic mass is 10.2. The molecule has 0 fully saturated rings. The molecule has 0 unspecified atom stereocenters. The minimum atomic E-state index is -0.322. The molecule has 0 saturated heterocycles. The van der Waals surface area contributed by atoms with Crippen molar-refractivity contribution in [2.45, 2.75) is 13.8 Å². The van der Waals surface area contributed by atoms with Crippen LogP contribution in [0.4, 0.5) is 0 Å². The number of ether oxygens (including phenoxy) is 1. The molecule has 0 heterocycles. The fraction of sp³-hybridized carbons (Fsp3) is 0.176. The van der Waals surface area contributed by atoms with Gasteiger partial charge in [-0.1, -0.05) is 41.4 Å². The number of carbonyl (C=O) groups excluding carboxylic acids is 1. The molecule has 0 aliphatic rings. The molecule has 114 valence electrons. The quantitative estimate of drug-likeness (QED) is 0.678. The number of hydrogen-bond donors (Lipinski definition) is 1. The van der Waals surface area contributed by atoms with E-state index in [1.165, 1.54) is 5.56 Å². The van der Waals surface area contributed by atoms with E-state index in [0.29, 0.717) is 10.8 Å². The largest absolute Gasteiger partial charge is 0.483 e. The van der Waals surface area contributed by atoms with Crippen LogP contribution in [0.25, 0.3) is 0 Å². The molecule has 1 amide bonds. The van der Waals surface area contributed by atoms with E-state index >= 15 is 0 Å². The molecule has 2 aromatic rings. The number of rotatable bonds is 5. The van der Waals surface area contributed by atoms with E-state index in [4.69, 9.17) is 16.3 Å². The van der Waals surface area contributed by atoms with Crippen LogP contribution in [-0.2, 0) is 4.79 Å². The second-order valence-electron chi connectivity index (χ2n) is 4.90. The van der Waals surface area contributed by atoms with Gasteiger partial charge >= 0.3 is 0 Å². The number of hydrogen-bond acceptors (Lipinski definition) is 3. The molecular formula is C17H17ClN2O2. The molecule has 2 rings (SSSR count). The van der Waals surface area contributed by atoms with Gasteiger partial charge < -0.3 is 4.74 Å². The zero-order valence-corrected chi connectivity index (χ0v) is 13.2. The van der Waals surface area contributed by atoms with E-state index in [1.807, 2.05) is 38.1 Å². The summed E-state index contributed by atoms with van der Waals surface area (Å²) >= 11 is 5.86. The molecule has 0 aliphatic heterocycles. The average molecular weight is 317 g/mol. The lowest BCUT2D eigenvalue weighted by Gasteiger charge is -2.08. The summed E-state index contributed by atoms with van der Waals surface area (Å²) in [7, 11) is 0. The highest BCUT2D eigenvalue weighted by molar-refractivity contribution is 6.30. The number of hydrazone groups is 1. The number of nitrogens with zero attached hydrogens (tertiary/aromatic N) is 1.